The maximum Gasteiger partial charge on any atom is 0.125 e. The predicted molar refractivity (Wildman–Crippen MR) is 108 cm³/mol. The van der Waals surface area contributed by atoms with Gasteiger partial charge in [0.2, 0.25) is 0 Å². The van der Waals surface area contributed by atoms with Gasteiger partial charge in [0.15, 0.2) is 0 Å². The lowest BCUT2D eigenvalue weighted by Gasteiger charge is -2.34. The van der Waals surface area contributed by atoms with E-state index in [4.69, 9.17) is 4.98 Å². The number of pyridine rings is 2. The zero-order valence-corrected chi connectivity index (χ0v) is 15.7. The summed E-state index contributed by atoms with van der Waals surface area (Å²) < 4.78 is 0. The van der Waals surface area contributed by atoms with Crippen LogP contribution in [0.4, 0.5) is 0 Å². The highest BCUT2D eigenvalue weighted by molar-refractivity contribution is 5.84. The molecule has 0 radical (unpaired) electrons. The van der Waals surface area contributed by atoms with Gasteiger partial charge < -0.3 is 5.01 Å². The molecule has 0 bridgehead atoms. The minimum Gasteiger partial charge on any atom is -0.311 e. The van der Waals surface area contributed by atoms with Gasteiger partial charge in [0.25, 0.3) is 0 Å². The fourth-order valence-corrected chi connectivity index (χ4v) is 4.38. The lowest BCUT2D eigenvalue weighted by atomic mass is 9.84. The van der Waals surface area contributed by atoms with Crippen molar-refractivity contribution < 1.29 is 0 Å². The van der Waals surface area contributed by atoms with Gasteiger partial charge in [0.1, 0.15) is 5.54 Å². The molecule has 2 aliphatic rings. The molecule has 1 unspecified atom stereocenters. The summed E-state index contributed by atoms with van der Waals surface area (Å²) in [4.78, 5) is 9.41. The van der Waals surface area contributed by atoms with Crippen molar-refractivity contribution in [1.82, 2.24) is 20.4 Å². The third kappa shape index (κ3) is 2.63. The van der Waals surface area contributed by atoms with Gasteiger partial charge in [-0.2, -0.15) is 0 Å². The van der Waals surface area contributed by atoms with E-state index in [1.165, 1.54) is 35.1 Å². The molecule has 0 spiro atoms. The number of benzene rings is 1. The van der Waals surface area contributed by atoms with E-state index in [2.05, 4.69) is 64.8 Å². The predicted octanol–water partition coefficient (Wildman–Crippen LogP) is 4.32. The van der Waals surface area contributed by atoms with Crippen molar-refractivity contribution in [3.63, 3.8) is 0 Å². The molecule has 0 saturated carbocycles. The third-order valence-electron chi connectivity index (χ3n) is 5.82. The molecule has 1 atom stereocenters. The molecule has 5 rings (SSSR count). The summed E-state index contributed by atoms with van der Waals surface area (Å²) in [5.41, 5.74) is 9.36. The monoisotopic (exact) mass is 356 g/mol. The number of para-hydroxylation sites is 1. The van der Waals surface area contributed by atoms with Gasteiger partial charge in [-0.15, -0.1) is 0 Å². The van der Waals surface area contributed by atoms with Crippen LogP contribution in [0, 0.1) is 0 Å². The molecule has 1 aromatic carbocycles. The highest BCUT2D eigenvalue weighted by atomic mass is 15.6. The number of allylic oxidation sites excluding steroid dienone is 1. The highest BCUT2D eigenvalue weighted by Crippen LogP contribution is 2.41. The normalized spacial score (nSPS) is 22.0. The number of nitrogens with zero attached hydrogens (tertiary/aromatic N) is 3. The topological polar surface area (TPSA) is 41.1 Å². The van der Waals surface area contributed by atoms with Crippen molar-refractivity contribution in [3.8, 4) is 0 Å². The van der Waals surface area contributed by atoms with E-state index < -0.39 is 5.54 Å². The van der Waals surface area contributed by atoms with Gasteiger partial charge in [0, 0.05) is 30.0 Å². The molecule has 1 saturated heterocycles. The Morgan fingerprint density at radius 3 is 2.85 bits per heavy atom. The molecule has 136 valence electrons. The minimum atomic E-state index is -0.451. The van der Waals surface area contributed by atoms with Crippen LogP contribution in [0.25, 0.3) is 10.9 Å². The molecule has 2 aliphatic heterocycles. The molecule has 0 aliphatic carbocycles. The average Bonchev–Trinajstić information content (AvgIpc) is 3.14. The van der Waals surface area contributed by atoms with Crippen molar-refractivity contribution in [2.24, 2.45) is 0 Å². The van der Waals surface area contributed by atoms with Crippen LogP contribution in [-0.4, -0.2) is 21.5 Å². The van der Waals surface area contributed by atoms with Crippen LogP contribution in [0.15, 0.2) is 66.6 Å². The fourth-order valence-electron chi connectivity index (χ4n) is 4.38. The van der Waals surface area contributed by atoms with Crippen LogP contribution in [0.1, 0.15) is 43.0 Å². The molecule has 2 aromatic heterocycles. The van der Waals surface area contributed by atoms with E-state index in [1.54, 1.807) is 0 Å². The van der Waals surface area contributed by atoms with Gasteiger partial charge in [-0.3, -0.25) is 9.97 Å². The highest BCUT2D eigenvalue weighted by Gasteiger charge is 2.43. The molecule has 27 heavy (non-hydrogen) atoms. The number of fused-ring (bicyclic) bond motifs is 2. The van der Waals surface area contributed by atoms with E-state index in [0.717, 1.165) is 30.6 Å². The molecule has 4 nitrogen and oxygen atoms in total. The Balaban J connectivity index is 1.78. The zero-order valence-electron chi connectivity index (χ0n) is 15.7. The van der Waals surface area contributed by atoms with Gasteiger partial charge in [-0.05, 0) is 67.2 Å². The first-order valence-electron chi connectivity index (χ1n) is 9.87. The average molecular weight is 356 g/mol. The van der Waals surface area contributed by atoms with Crippen molar-refractivity contribution >= 4 is 10.9 Å². The molecule has 0 amide bonds. The first-order valence-corrected chi connectivity index (χ1v) is 9.87. The van der Waals surface area contributed by atoms with Crippen LogP contribution in [0.5, 0.6) is 0 Å². The number of aryl methyl sites for hydroxylation is 1. The standard InChI is InChI=1S/C23H24N4/c1-2-17-10-12-25-22(15-17)23(16-18-7-5-6-14-27(18)26-23)20-11-13-24-21-9-4-3-8-19(20)21/h3-4,8-13,15-16,26H,2,5-7,14H2,1H3. The van der Waals surface area contributed by atoms with Gasteiger partial charge in [-0.25, -0.2) is 5.43 Å². The summed E-state index contributed by atoms with van der Waals surface area (Å²) in [6.07, 6.45) is 10.8. The number of aromatic nitrogens is 2. The minimum absolute atomic E-state index is 0.451. The second-order valence-corrected chi connectivity index (χ2v) is 7.44. The Hall–Kier alpha value is -2.72. The largest absolute Gasteiger partial charge is 0.311 e. The Bertz CT molecular complexity index is 1020. The van der Waals surface area contributed by atoms with Gasteiger partial charge >= 0.3 is 0 Å². The summed E-state index contributed by atoms with van der Waals surface area (Å²) in [5, 5.41) is 3.51. The number of hydrogen-bond acceptors (Lipinski definition) is 4. The third-order valence-corrected chi connectivity index (χ3v) is 5.82. The Labute approximate surface area is 159 Å². The van der Waals surface area contributed by atoms with Gasteiger partial charge in [0.05, 0.1) is 11.2 Å². The molecule has 3 aromatic rings. The van der Waals surface area contributed by atoms with E-state index in [-0.39, 0.29) is 0 Å². The summed E-state index contributed by atoms with van der Waals surface area (Å²) in [6.45, 7) is 3.24. The molecule has 1 N–H and O–H groups in total. The van der Waals surface area contributed by atoms with E-state index >= 15 is 0 Å². The maximum atomic E-state index is 4.83. The number of hydrazine groups is 1. The van der Waals surface area contributed by atoms with Crippen LogP contribution in [0.3, 0.4) is 0 Å². The molecule has 4 heterocycles. The fraction of sp³-hybridized carbons (Fsp3) is 0.304. The van der Waals surface area contributed by atoms with Crippen molar-refractivity contribution in [3.05, 3.63) is 83.5 Å². The van der Waals surface area contributed by atoms with Crippen molar-refractivity contribution in [2.45, 2.75) is 38.1 Å². The summed E-state index contributed by atoms with van der Waals surface area (Å²) in [5.74, 6) is 0. The summed E-state index contributed by atoms with van der Waals surface area (Å²) >= 11 is 0. The van der Waals surface area contributed by atoms with E-state index in [1.807, 2.05) is 18.5 Å². The van der Waals surface area contributed by atoms with Crippen molar-refractivity contribution in [1.29, 1.82) is 0 Å². The second-order valence-electron chi connectivity index (χ2n) is 7.44. The lowest BCUT2D eigenvalue weighted by molar-refractivity contribution is 0.193. The van der Waals surface area contributed by atoms with Crippen molar-refractivity contribution in [2.75, 3.05) is 6.54 Å². The van der Waals surface area contributed by atoms with Crippen LogP contribution < -0.4 is 5.43 Å². The van der Waals surface area contributed by atoms with Gasteiger partial charge in [-0.1, -0.05) is 25.1 Å². The maximum absolute atomic E-state index is 4.83. The van der Waals surface area contributed by atoms with E-state index in [9.17, 15) is 0 Å². The Kier molecular flexibility index (Phi) is 3.94. The molecule has 1 fully saturated rings. The number of piperidine rings is 1. The van der Waals surface area contributed by atoms with Crippen LogP contribution in [-0.2, 0) is 12.0 Å². The smallest absolute Gasteiger partial charge is 0.125 e. The zero-order chi connectivity index (χ0) is 18.3. The second kappa shape index (κ2) is 6.46. The quantitative estimate of drug-likeness (QED) is 0.759. The summed E-state index contributed by atoms with van der Waals surface area (Å²) in [6, 6.07) is 14.9. The first kappa shape index (κ1) is 16.5. The first-order chi connectivity index (χ1) is 13.3. The molecule has 4 heteroatoms. The van der Waals surface area contributed by atoms with Crippen LogP contribution >= 0.6 is 0 Å². The number of nitrogens with one attached hydrogen (secondary N) is 1. The molecular weight excluding hydrogens is 332 g/mol. The van der Waals surface area contributed by atoms with E-state index in [0.29, 0.717) is 0 Å². The number of hydrogen-bond donors (Lipinski definition) is 1. The number of rotatable bonds is 3. The Morgan fingerprint density at radius 1 is 1.07 bits per heavy atom. The SMILES string of the molecule is CCc1ccnc(C2(c3ccnc4ccccc34)C=C3CCCCN3N2)c1. The van der Waals surface area contributed by atoms with Crippen LogP contribution in [0.2, 0.25) is 0 Å². The lowest BCUT2D eigenvalue weighted by Crippen LogP contribution is -2.47. The Morgan fingerprint density at radius 2 is 1.96 bits per heavy atom. The molecular formula is C23H24N4. The summed E-state index contributed by atoms with van der Waals surface area (Å²) in [7, 11) is 0.